The van der Waals surface area contributed by atoms with E-state index < -0.39 is 0 Å². The van der Waals surface area contributed by atoms with Gasteiger partial charge >= 0.3 is 0 Å². The van der Waals surface area contributed by atoms with Crippen molar-refractivity contribution in [3.8, 4) is 0 Å². The minimum atomic E-state index is 0.663. The zero-order chi connectivity index (χ0) is 10.7. The Hall–Kier alpha value is -0.890. The number of aromatic nitrogens is 1. The Labute approximate surface area is 98.7 Å². The summed E-state index contributed by atoms with van der Waals surface area (Å²) in [5.41, 5.74) is 1.40. The second kappa shape index (κ2) is 4.75. The highest BCUT2D eigenvalue weighted by atomic mass is 79.9. The van der Waals surface area contributed by atoms with Crippen molar-refractivity contribution >= 4 is 26.7 Å². The monoisotopic (exact) mass is 263 g/mol. The Morgan fingerprint density at radius 2 is 2.20 bits per heavy atom. The fraction of sp³-hybridized carbons (Fsp3) is 0.308. The summed E-state index contributed by atoms with van der Waals surface area (Å²) in [6, 6.07) is 8.53. The van der Waals surface area contributed by atoms with Crippen LogP contribution in [0, 0.1) is 5.92 Å². The minimum absolute atomic E-state index is 0.663. The quantitative estimate of drug-likeness (QED) is 0.768. The van der Waals surface area contributed by atoms with Crippen molar-refractivity contribution in [2.45, 2.75) is 13.3 Å². The summed E-state index contributed by atoms with van der Waals surface area (Å²) >= 11 is 3.52. The molecule has 0 aliphatic rings. The first-order valence-corrected chi connectivity index (χ1v) is 6.31. The van der Waals surface area contributed by atoms with Crippen molar-refractivity contribution in [2.24, 2.45) is 5.92 Å². The van der Waals surface area contributed by atoms with Crippen LogP contribution < -0.4 is 0 Å². The number of rotatable bonds is 3. The van der Waals surface area contributed by atoms with Gasteiger partial charge in [-0.05, 0) is 29.4 Å². The van der Waals surface area contributed by atoms with Gasteiger partial charge in [0, 0.05) is 23.1 Å². The van der Waals surface area contributed by atoms with E-state index in [0.29, 0.717) is 5.92 Å². The predicted molar refractivity (Wildman–Crippen MR) is 68.4 cm³/mol. The van der Waals surface area contributed by atoms with Crippen LogP contribution in [0.5, 0.6) is 0 Å². The van der Waals surface area contributed by atoms with Gasteiger partial charge in [-0.15, -0.1) is 0 Å². The molecule has 0 saturated heterocycles. The van der Waals surface area contributed by atoms with Crippen LogP contribution in [0.25, 0.3) is 10.8 Å². The highest BCUT2D eigenvalue weighted by Gasteiger charge is 2.05. The van der Waals surface area contributed by atoms with Gasteiger partial charge in [0.15, 0.2) is 0 Å². The van der Waals surface area contributed by atoms with Crippen molar-refractivity contribution in [1.82, 2.24) is 4.98 Å². The molecule has 0 saturated carbocycles. The molecule has 78 valence electrons. The average Bonchev–Trinajstić information content (AvgIpc) is 2.29. The third-order valence-electron chi connectivity index (χ3n) is 2.61. The lowest BCUT2D eigenvalue weighted by Crippen LogP contribution is -2.01. The van der Waals surface area contributed by atoms with E-state index in [2.05, 4.69) is 52.1 Å². The van der Waals surface area contributed by atoms with E-state index in [0.717, 1.165) is 11.8 Å². The first-order chi connectivity index (χ1) is 7.31. The van der Waals surface area contributed by atoms with Gasteiger partial charge in [-0.25, -0.2) is 0 Å². The van der Waals surface area contributed by atoms with E-state index in [-0.39, 0.29) is 0 Å². The lowest BCUT2D eigenvalue weighted by atomic mass is 9.98. The molecule has 1 heterocycles. The number of benzene rings is 1. The summed E-state index contributed by atoms with van der Waals surface area (Å²) < 4.78 is 0. The number of alkyl halides is 1. The molecule has 2 rings (SSSR count). The Bertz CT molecular complexity index is 448. The molecule has 1 atom stereocenters. The van der Waals surface area contributed by atoms with Gasteiger partial charge in [-0.1, -0.05) is 41.1 Å². The van der Waals surface area contributed by atoms with Crippen molar-refractivity contribution < 1.29 is 0 Å². The third-order valence-corrected chi connectivity index (χ3v) is 3.71. The van der Waals surface area contributed by atoms with Crippen molar-refractivity contribution in [1.29, 1.82) is 0 Å². The largest absolute Gasteiger partial charge is 0.264 e. The molecule has 0 N–H and O–H groups in total. The van der Waals surface area contributed by atoms with Crippen molar-refractivity contribution in [3.63, 3.8) is 0 Å². The van der Waals surface area contributed by atoms with Crippen molar-refractivity contribution in [2.75, 3.05) is 5.33 Å². The van der Waals surface area contributed by atoms with Gasteiger partial charge in [0.25, 0.3) is 0 Å². The first-order valence-electron chi connectivity index (χ1n) is 5.19. The highest BCUT2D eigenvalue weighted by Crippen LogP contribution is 2.20. The molecule has 0 radical (unpaired) electrons. The number of fused-ring (bicyclic) bond motifs is 1. The van der Waals surface area contributed by atoms with E-state index in [1.807, 2.05) is 12.4 Å². The zero-order valence-corrected chi connectivity index (χ0v) is 10.4. The average molecular weight is 264 g/mol. The van der Waals surface area contributed by atoms with E-state index in [1.165, 1.54) is 16.3 Å². The minimum Gasteiger partial charge on any atom is -0.264 e. The second-order valence-electron chi connectivity index (χ2n) is 3.98. The van der Waals surface area contributed by atoms with E-state index >= 15 is 0 Å². The molecular weight excluding hydrogens is 250 g/mol. The van der Waals surface area contributed by atoms with Crippen LogP contribution in [-0.2, 0) is 6.42 Å². The zero-order valence-electron chi connectivity index (χ0n) is 8.78. The van der Waals surface area contributed by atoms with Crippen LogP contribution in [0.2, 0.25) is 0 Å². The van der Waals surface area contributed by atoms with E-state index in [9.17, 15) is 0 Å². The third kappa shape index (κ3) is 2.37. The molecule has 1 aromatic heterocycles. The predicted octanol–water partition coefficient (Wildman–Crippen LogP) is 3.81. The van der Waals surface area contributed by atoms with Crippen LogP contribution in [0.1, 0.15) is 12.5 Å². The topological polar surface area (TPSA) is 12.9 Å². The molecule has 0 amide bonds. The van der Waals surface area contributed by atoms with Gasteiger partial charge in [-0.2, -0.15) is 0 Å². The van der Waals surface area contributed by atoms with E-state index in [1.54, 1.807) is 0 Å². The van der Waals surface area contributed by atoms with Crippen LogP contribution >= 0.6 is 15.9 Å². The summed E-state index contributed by atoms with van der Waals surface area (Å²) in [5, 5.41) is 3.61. The highest BCUT2D eigenvalue weighted by molar-refractivity contribution is 9.09. The van der Waals surface area contributed by atoms with Crippen LogP contribution in [0.4, 0.5) is 0 Å². The number of pyridine rings is 1. The lowest BCUT2D eigenvalue weighted by molar-refractivity contribution is 0.666. The Morgan fingerprint density at radius 1 is 1.33 bits per heavy atom. The molecule has 1 nitrogen and oxygen atoms in total. The van der Waals surface area contributed by atoms with Gasteiger partial charge in [0.1, 0.15) is 0 Å². The van der Waals surface area contributed by atoms with Gasteiger partial charge in [-0.3, -0.25) is 4.98 Å². The van der Waals surface area contributed by atoms with Gasteiger partial charge < -0.3 is 0 Å². The Kier molecular flexibility index (Phi) is 3.37. The first kappa shape index (κ1) is 10.6. The molecule has 2 aromatic rings. The van der Waals surface area contributed by atoms with E-state index in [4.69, 9.17) is 0 Å². The van der Waals surface area contributed by atoms with Gasteiger partial charge in [0.2, 0.25) is 0 Å². The molecule has 1 aromatic carbocycles. The SMILES string of the molecule is CC(CBr)Cc1cccc2ccncc12. The number of hydrogen-bond acceptors (Lipinski definition) is 1. The number of hydrogen-bond donors (Lipinski definition) is 0. The second-order valence-corrected chi connectivity index (χ2v) is 4.63. The molecule has 15 heavy (non-hydrogen) atoms. The smallest absolute Gasteiger partial charge is 0.0349 e. The molecule has 0 aliphatic heterocycles. The molecule has 0 bridgehead atoms. The normalized spacial score (nSPS) is 12.9. The van der Waals surface area contributed by atoms with Crippen LogP contribution in [-0.4, -0.2) is 10.3 Å². The standard InChI is InChI=1S/C13H14BrN/c1-10(8-14)7-12-4-2-3-11-5-6-15-9-13(11)12/h2-6,9-10H,7-8H2,1H3. The summed E-state index contributed by atoms with van der Waals surface area (Å²) in [4.78, 5) is 4.19. The van der Waals surface area contributed by atoms with Crippen molar-refractivity contribution in [3.05, 3.63) is 42.2 Å². The maximum atomic E-state index is 4.19. The maximum absolute atomic E-state index is 4.19. The maximum Gasteiger partial charge on any atom is 0.0349 e. The Balaban J connectivity index is 2.42. The number of halogens is 1. The number of nitrogens with zero attached hydrogens (tertiary/aromatic N) is 1. The molecule has 0 spiro atoms. The summed E-state index contributed by atoms with van der Waals surface area (Å²) in [6.45, 7) is 2.25. The van der Waals surface area contributed by atoms with Gasteiger partial charge in [0.05, 0.1) is 0 Å². The molecule has 0 fully saturated rings. The molecule has 2 heteroatoms. The summed E-state index contributed by atoms with van der Waals surface area (Å²) in [5.74, 6) is 0.663. The fourth-order valence-electron chi connectivity index (χ4n) is 1.78. The molecular formula is C13H14BrN. The summed E-state index contributed by atoms with van der Waals surface area (Å²) in [7, 11) is 0. The molecule has 1 unspecified atom stereocenters. The van der Waals surface area contributed by atoms with Crippen LogP contribution in [0.3, 0.4) is 0 Å². The fourth-order valence-corrected chi connectivity index (χ4v) is 2.01. The summed E-state index contributed by atoms with van der Waals surface area (Å²) in [6.07, 6.45) is 4.92. The Morgan fingerprint density at radius 3 is 3.00 bits per heavy atom. The van der Waals surface area contributed by atoms with Crippen LogP contribution in [0.15, 0.2) is 36.7 Å². The lowest BCUT2D eigenvalue weighted by Gasteiger charge is -2.09. The molecule has 0 aliphatic carbocycles.